The molecular formula is C6H11BO2. The van der Waals surface area contributed by atoms with Gasteiger partial charge in [0.25, 0.3) is 0 Å². The van der Waals surface area contributed by atoms with Gasteiger partial charge in [0.05, 0.1) is 11.7 Å². The van der Waals surface area contributed by atoms with Crippen molar-refractivity contribution in [2.24, 2.45) is 0 Å². The van der Waals surface area contributed by atoms with Crippen molar-refractivity contribution in [3.05, 3.63) is 0 Å². The predicted molar refractivity (Wildman–Crippen MR) is 35.3 cm³/mol. The molecule has 0 bridgehead atoms. The normalized spacial score (nSPS) is 51.9. The highest BCUT2D eigenvalue weighted by Gasteiger charge is 2.37. The monoisotopic (exact) mass is 126 g/mol. The van der Waals surface area contributed by atoms with Gasteiger partial charge < -0.3 is 9.84 Å². The van der Waals surface area contributed by atoms with Crippen LogP contribution < -0.4 is 0 Å². The van der Waals surface area contributed by atoms with Crippen molar-refractivity contribution in [3.63, 3.8) is 0 Å². The number of hydrogen-bond acceptors (Lipinski definition) is 2. The highest BCUT2D eigenvalue weighted by Crippen LogP contribution is 2.27. The zero-order valence-electron chi connectivity index (χ0n) is 5.79. The average Bonchev–Trinajstić information content (AvgIpc) is 1.79. The van der Waals surface area contributed by atoms with Crippen LogP contribution in [-0.2, 0) is 4.74 Å². The van der Waals surface area contributed by atoms with Crippen LogP contribution in [0.15, 0.2) is 0 Å². The van der Waals surface area contributed by atoms with Crippen LogP contribution in [0.3, 0.4) is 0 Å². The Morgan fingerprint density at radius 1 is 1.78 bits per heavy atom. The van der Waals surface area contributed by atoms with E-state index in [1.807, 2.05) is 6.92 Å². The fraction of sp³-hybridized carbons (Fsp3) is 1.00. The minimum absolute atomic E-state index is 0.0926. The van der Waals surface area contributed by atoms with E-state index in [-0.39, 0.29) is 6.10 Å². The van der Waals surface area contributed by atoms with Crippen molar-refractivity contribution < 1.29 is 9.84 Å². The Balaban J connectivity index is 2.58. The van der Waals surface area contributed by atoms with Crippen molar-refractivity contribution in [1.82, 2.24) is 0 Å². The van der Waals surface area contributed by atoms with Crippen LogP contribution in [-0.4, -0.2) is 30.7 Å². The Morgan fingerprint density at radius 2 is 2.33 bits per heavy atom. The second-order valence-electron chi connectivity index (χ2n) is 2.93. The molecule has 1 fully saturated rings. The van der Waals surface area contributed by atoms with Crippen molar-refractivity contribution in [2.45, 2.75) is 38.0 Å². The van der Waals surface area contributed by atoms with Crippen LogP contribution in [0.2, 0.25) is 0 Å². The van der Waals surface area contributed by atoms with Crippen molar-refractivity contribution in [3.8, 4) is 0 Å². The highest BCUT2D eigenvalue weighted by molar-refractivity contribution is 6.12. The third-order valence-corrected chi connectivity index (χ3v) is 1.69. The summed E-state index contributed by atoms with van der Waals surface area (Å²) in [5, 5.41) is 9.38. The van der Waals surface area contributed by atoms with Crippen LogP contribution >= 0.6 is 0 Å². The molecule has 1 rings (SSSR count). The summed E-state index contributed by atoms with van der Waals surface area (Å²) < 4.78 is 5.10. The number of hydrogen-bond donors (Lipinski definition) is 1. The standard InChI is InChI=1S/C6H11BO2/c1-4-3-6(2,8)5(7)9-4/h4-5,8H,3H2,1-2H3/t4-,5-,6-/m1/s1. The molecule has 0 saturated carbocycles. The van der Waals surface area contributed by atoms with E-state index in [1.165, 1.54) is 0 Å². The van der Waals surface area contributed by atoms with Crippen molar-refractivity contribution >= 4 is 7.85 Å². The second-order valence-corrected chi connectivity index (χ2v) is 2.93. The molecule has 0 aliphatic carbocycles. The molecule has 1 aliphatic heterocycles. The molecule has 1 aliphatic rings. The first-order chi connectivity index (χ1) is 4.02. The molecule has 0 unspecified atom stereocenters. The van der Waals surface area contributed by atoms with Gasteiger partial charge in [-0.25, -0.2) is 0 Å². The smallest absolute Gasteiger partial charge is 0.113 e. The molecule has 2 nitrogen and oxygen atoms in total. The summed E-state index contributed by atoms with van der Waals surface area (Å²) in [5.41, 5.74) is -0.820. The third-order valence-electron chi connectivity index (χ3n) is 1.69. The van der Waals surface area contributed by atoms with Crippen LogP contribution in [0.4, 0.5) is 0 Å². The van der Waals surface area contributed by atoms with E-state index in [4.69, 9.17) is 12.6 Å². The topological polar surface area (TPSA) is 29.5 Å². The molecule has 9 heavy (non-hydrogen) atoms. The molecule has 50 valence electrons. The van der Waals surface area contributed by atoms with E-state index < -0.39 is 11.6 Å². The van der Waals surface area contributed by atoms with E-state index in [0.717, 1.165) is 0 Å². The SMILES string of the molecule is [B][C@@H]1O[C@H](C)C[C@@]1(C)O. The van der Waals surface area contributed by atoms with Gasteiger partial charge in [0.1, 0.15) is 7.85 Å². The molecule has 0 aromatic carbocycles. The Bertz CT molecular complexity index is 114. The summed E-state index contributed by atoms with van der Waals surface area (Å²) in [5.74, 6) is 0. The largest absolute Gasteiger partial charge is 0.388 e. The molecule has 1 heterocycles. The quantitative estimate of drug-likeness (QED) is 0.464. The van der Waals surface area contributed by atoms with E-state index >= 15 is 0 Å². The number of rotatable bonds is 0. The summed E-state index contributed by atoms with van der Waals surface area (Å²) in [6.45, 7) is 3.60. The van der Waals surface area contributed by atoms with E-state index in [9.17, 15) is 5.11 Å². The van der Waals surface area contributed by atoms with Gasteiger partial charge in [-0.3, -0.25) is 0 Å². The minimum atomic E-state index is -0.820. The van der Waals surface area contributed by atoms with Crippen LogP contribution in [0, 0.1) is 0 Å². The van der Waals surface area contributed by atoms with Crippen LogP contribution in [0.1, 0.15) is 20.3 Å². The van der Waals surface area contributed by atoms with Gasteiger partial charge in [-0.15, -0.1) is 0 Å². The van der Waals surface area contributed by atoms with Gasteiger partial charge in [0.15, 0.2) is 0 Å². The molecule has 1 N–H and O–H groups in total. The summed E-state index contributed by atoms with van der Waals surface area (Å²) in [6, 6.07) is -0.507. The maximum atomic E-state index is 9.38. The molecule has 1 saturated heterocycles. The van der Waals surface area contributed by atoms with E-state index in [1.54, 1.807) is 6.92 Å². The molecule has 2 radical (unpaired) electrons. The minimum Gasteiger partial charge on any atom is -0.388 e. The Kier molecular flexibility index (Phi) is 1.57. The fourth-order valence-corrected chi connectivity index (χ4v) is 1.14. The Morgan fingerprint density at radius 3 is 2.44 bits per heavy atom. The highest BCUT2D eigenvalue weighted by atomic mass is 16.5. The Hall–Kier alpha value is -0.0151. The van der Waals surface area contributed by atoms with Gasteiger partial charge in [-0.1, -0.05) is 0 Å². The lowest BCUT2D eigenvalue weighted by molar-refractivity contribution is 0.0117. The van der Waals surface area contributed by atoms with Gasteiger partial charge >= 0.3 is 0 Å². The average molecular weight is 126 g/mol. The molecule has 0 spiro atoms. The maximum absolute atomic E-state index is 9.38. The van der Waals surface area contributed by atoms with Gasteiger partial charge in [0, 0.05) is 12.4 Å². The molecule has 3 atom stereocenters. The lowest BCUT2D eigenvalue weighted by Crippen LogP contribution is -2.34. The first-order valence-corrected chi connectivity index (χ1v) is 3.16. The Labute approximate surface area is 56.6 Å². The molecule has 3 heteroatoms. The summed E-state index contributed by atoms with van der Waals surface area (Å²) in [6.07, 6.45) is 0.726. The van der Waals surface area contributed by atoms with E-state index in [2.05, 4.69) is 0 Å². The molecular weight excluding hydrogens is 115 g/mol. The zero-order valence-corrected chi connectivity index (χ0v) is 5.79. The summed E-state index contributed by atoms with van der Waals surface area (Å²) in [4.78, 5) is 0. The van der Waals surface area contributed by atoms with Crippen LogP contribution in [0.25, 0.3) is 0 Å². The van der Waals surface area contributed by atoms with Gasteiger partial charge in [-0.05, 0) is 13.8 Å². The van der Waals surface area contributed by atoms with Crippen molar-refractivity contribution in [2.75, 3.05) is 0 Å². The summed E-state index contributed by atoms with van der Waals surface area (Å²) >= 11 is 0. The third kappa shape index (κ3) is 1.27. The van der Waals surface area contributed by atoms with Gasteiger partial charge in [0.2, 0.25) is 0 Å². The molecule has 0 aromatic rings. The van der Waals surface area contributed by atoms with Crippen molar-refractivity contribution in [1.29, 1.82) is 0 Å². The summed E-state index contributed by atoms with van der Waals surface area (Å²) in [7, 11) is 5.43. The predicted octanol–water partition coefficient (Wildman–Crippen LogP) is 0.0408. The second kappa shape index (κ2) is 1.99. The lowest BCUT2D eigenvalue weighted by Gasteiger charge is -2.19. The number of ether oxygens (including phenoxy) is 1. The first kappa shape index (κ1) is 7.10. The first-order valence-electron chi connectivity index (χ1n) is 3.16. The zero-order chi connectivity index (χ0) is 7.07. The fourth-order valence-electron chi connectivity index (χ4n) is 1.14. The molecule has 0 aromatic heterocycles. The van der Waals surface area contributed by atoms with Crippen LogP contribution in [0.5, 0.6) is 0 Å². The lowest BCUT2D eigenvalue weighted by atomic mass is 9.84. The maximum Gasteiger partial charge on any atom is 0.113 e. The van der Waals surface area contributed by atoms with E-state index in [0.29, 0.717) is 6.42 Å². The number of aliphatic hydroxyl groups is 1. The molecule has 0 amide bonds. The van der Waals surface area contributed by atoms with Gasteiger partial charge in [-0.2, -0.15) is 0 Å².